The van der Waals surface area contributed by atoms with E-state index in [4.69, 9.17) is 22.3 Å². The summed E-state index contributed by atoms with van der Waals surface area (Å²) in [6, 6.07) is 1.41. The smallest absolute Gasteiger partial charge is 0.212 e. The lowest BCUT2D eigenvalue weighted by Gasteiger charge is -2.01. The molecule has 1 aromatic carbocycles. The van der Waals surface area contributed by atoms with Gasteiger partial charge in [0.2, 0.25) is 9.05 Å². The van der Waals surface area contributed by atoms with Crippen LogP contribution in [0.1, 0.15) is 5.56 Å². The predicted octanol–water partition coefficient (Wildman–Crippen LogP) is 2.69. The highest BCUT2D eigenvalue weighted by Gasteiger charge is 2.14. The van der Waals surface area contributed by atoms with Crippen LogP contribution in [0.5, 0.6) is 0 Å². The van der Waals surface area contributed by atoms with Crippen molar-refractivity contribution in [3.05, 3.63) is 34.4 Å². The molecule has 0 fully saturated rings. The van der Waals surface area contributed by atoms with E-state index in [1.807, 2.05) is 0 Å². The van der Waals surface area contributed by atoms with Crippen LogP contribution < -0.4 is 0 Å². The highest BCUT2D eigenvalue weighted by molar-refractivity contribution is 8.13. The highest BCUT2D eigenvalue weighted by atomic mass is 35.7. The summed E-state index contributed by atoms with van der Waals surface area (Å²) < 4.78 is 46.8. The molecule has 0 aliphatic heterocycles. The van der Waals surface area contributed by atoms with Gasteiger partial charge < -0.3 is 0 Å². The van der Waals surface area contributed by atoms with Gasteiger partial charge in [0.05, 0.1) is 10.8 Å². The number of rotatable bonds is 2. The van der Waals surface area contributed by atoms with Crippen LogP contribution >= 0.6 is 22.3 Å². The Morgan fingerprint density at radius 3 is 2.29 bits per heavy atom. The monoisotopic (exact) mass is 260 g/mol. The Kier molecular flexibility index (Phi) is 3.34. The number of hydrogen-bond donors (Lipinski definition) is 0. The van der Waals surface area contributed by atoms with E-state index in [-0.39, 0.29) is 10.6 Å². The van der Waals surface area contributed by atoms with Crippen LogP contribution in [0.25, 0.3) is 0 Å². The van der Waals surface area contributed by atoms with Gasteiger partial charge in [-0.25, -0.2) is 17.2 Å². The molecule has 0 spiro atoms. The summed E-state index contributed by atoms with van der Waals surface area (Å²) in [4.78, 5) is 0. The van der Waals surface area contributed by atoms with Crippen LogP contribution in [0.4, 0.5) is 8.78 Å². The van der Waals surface area contributed by atoms with Crippen molar-refractivity contribution in [2.75, 3.05) is 0 Å². The standard InChI is InChI=1S/C7H4Cl2F2O2S/c8-5-1-4(3-14(9,12)13)6(10)2-7(5)11/h1-2H,3H2. The fourth-order valence-corrected chi connectivity index (χ4v) is 1.99. The minimum Gasteiger partial charge on any atom is -0.212 e. The molecular weight excluding hydrogens is 257 g/mol. The van der Waals surface area contributed by atoms with Gasteiger partial charge in [-0.1, -0.05) is 11.6 Å². The van der Waals surface area contributed by atoms with E-state index in [1.165, 1.54) is 0 Å². The van der Waals surface area contributed by atoms with E-state index in [0.717, 1.165) is 6.07 Å². The molecule has 0 N–H and O–H groups in total. The summed E-state index contributed by atoms with van der Waals surface area (Å²) in [5.41, 5.74) is -0.258. The molecule has 0 radical (unpaired) electrons. The Morgan fingerprint density at radius 2 is 1.79 bits per heavy atom. The van der Waals surface area contributed by atoms with E-state index < -0.39 is 26.4 Å². The van der Waals surface area contributed by atoms with Crippen molar-refractivity contribution in [1.82, 2.24) is 0 Å². The predicted molar refractivity (Wildman–Crippen MR) is 49.8 cm³/mol. The first-order valence-corrected chi connectivity index (χ1v) is 6.21. The summed E-state index contributed by atoms with van der Waals surface area (Å²) in [6.45, 7) is 0. The zero-order chi connectivity index (χ0) is 10.9. The molecule has 0 saturated carbocycles. The molecule has 0 aliphatic carbocycles. The number of halogens is 4. The molecule has 0 bridgehead atoms. The molecule has 7 heteroatoms. The maximum Gasteiger partial charge on any atom is 0.236 e. The van der Waals surface area contributed by atoms with Gasteiger partial charge in [0.15, 0.2) is 0 Å². The van der Waals surface area contributed by atoms with Crippen molar-refractivity contribution in [3.63, 3.8) is 0 Å². The second-order valence-corrected chi connectivity index (χ2v) is 5.73. The Balaban J connectivity index is 3.17. The lowest BCUT2D eigenvalue weighted by Crippen LogP contribution is -1.99. The summed E-state index contributed by atoms with van der Waals surface area (Å²) >= 11 is 5.34. The first-order chi connectivity index (χ1) is 6.29. The molecule has 78 valence electrons. The average molecular weight is 261 g/mol. The molecule has 0 saturated heterocycles. The molecule has 0 aromatic heterocycles. The fourth-order valence-electron chi connectivity index (χ4n) is 0.860. The van der Waals surface area contributed by atoms with Crippen molar-refractivity contribution in [2.45, 2.75) is 5.75 Å². The van der Waals surface area contributed by atoms with E-state index in [0.29, 0.717) is 6.07 Å². The maximum absolute atomic E-state index is 12.9. The molecule has 14 heavy (non-hydrogen) atoms. The van der Waals surface area contributed by atoms with Crippen molar-refractivity contribution >= 4 is 31.3 Å². The SMILES string of the molecule is O=S(=O)(Cl)Cc1cc(Cl)c(F)cc1F. The first kappa shape index (κ1) is 11.7. The van der Waals surface area contributed by atoms with Crippen LogP contribution in [0, 0.1) is 11.6 Å². The van der Waals surface area contributed by atoms with E-state index in [2.05, 4.69) is 0 Å². The Morgan fingerprint density at radius 1 is 1.21 bits per heavy atom. The van der Waals surface area contributed by atoms with Crippen molar-refractivity contribution < 1.29 is 17.2 Å². The normalized spacial score (nSPS) is 11.7. The first-order valence-electron chi connectivity index (χ1n) is 3.35. The quantitative estimate of drug-likeness (QED) is 0.605. The molecule has 1 rings (SSSR count). The van der Waals surface area contributed by atoms with Gasteiger partial charge in [-0.15, -0.1) is 0 Å². The average Bonchev–Trinajstić information content (AvgIpc) is 1.97. The van der Waals surface area contributed by atoms with Crippen molar-refractivity contribution in [1.29, 1.82) is 0 Å². The molecule has 0 atom stereocenters. The van der Waals surface area contributed by atoms with Crippen LogP contribution in [0.2, 0.25) is 5.02 Å². The summed E-state index contributed by atoms with van der Waals surface area (Å²) in [5, 5.41) is -0.346. The van der Waals surface area contributed by atoms with Crippen molar-refractivity contribution in [3.8, 4) is 0 Å². The third kappa shape index (κ3) is 3.08. The summed E-state index contributed by atoms with van der Waals surface area (Å²) in [5.74, 6) is -2.66. The molecule has 0 heterocycles. The molecular formula is C7H4Cl2F2O2S. The van der Waals surface area contributed by atoms with Gasteiger partial charge in [-0.05, 0) is 6.07 Å². The Labute approximate surface area is 88.9 Å². The van der Waals surface area contributed by atoms with Crippen LogP contribution in [-0.4, -0.2) is 8.42 Å². The highest BCUT2D eigenvalue weighted by Crippen LogP contribution is 2.21. The molecule has 1 aromatic rings. The van der Waals surface area contributed by atoms with Gasteiger partial charge in [0, 0.05) is 22.3 Å². The second-order valence-electron chi connectivity index (χ2n) is 2.54. The van der Waals surface area contributed by atoms with Gasteiger partial charge in [-0.2, -0.15) is 0 Å². The van der Waals surface area contributed by atoms with Crippen LogP contribution in [0.15, 0.2) is 12.1 Å². The second kappa shape index (κ2) is 4.00. The Bertz CT molecular complexity index is 459. The number of benzene rings is 1. The van der Waals surface area contributed by atoms with E-state index in [1.54, 1.807) is 0 Å². The van der Waals surface area contributed by atoms with E-state index in [9.17, 15) is 17.2 Å². The van der Waals surface area contributed by atoms with Gasteiger partial charge in [0.25, 0.3) is 0 Å². The topological polar surface area (TPSA) is 34.1 Å². The maximum atomic E-state index is 12.9. The van der Waals surface area contributed by atoms with Gasteiger partial charge in [0.1, 0.15) is 11.6 Å². The minimum absolute atomic E-state index is 0.258. The minimum atomic E-state index is -3.88. The number of hydrogen-bond acceptors (Lipinski definition) is 2. The lowest BCUT2D eigenvalue weighted by atomic mass is 10.2. The summed E-state index contributed by atoms with van der Waals surface area (Å²) in [7, 11) is 1.02. The fraction of sp³-hybridized carbons (Fsp3) is 0.143. The van der Waals surface area contributed by atoms with Gasteiger partial charge >= 0.3 is 0 Å². The molecule has 0 aliphatic rings. The summed E-state index contributed by atoms with van der Waals surface area (Å²) in [6.07, 6.45) is 0. The molecule has 0 unspecified atom stereocenters. The molecule has 0 amide bonds. The van der Waals surface area contributed by atoms with Crippen LogP contribution in [0.3, 0.4) is 0 Å². The van der Waals surface area contributed by atoms with E-state index >= 15 is 0 Å². The Hall–Kier alpha value is -0.390. The lowest BCUT2D eigenvalue weighted by molar-refractivity contribution is 0.572. The largest absolute Gasteiger partial charge is 0.236 e. The molecule has 2 nitrogen and oxygen atoms in total. The van der Waals surface area contributed by atoms with Crippen molar-refractivity contribution in [2.24, 2.45) is 0 Å². The van der Waals surface area contributed by atoms with Crippen LogP contribution in [-0.2, 0) is 14.8 Å². The zero-order valence-electron chi connectivity index (χ0n) is 6.60. The third-order valence-electron chi connectivity index (χ3n) is 1.42. The third-order valence-corrected chi connectivity index (χ3v) is 2.69. The zero-order valence-corrected chi connectivity index (χ0v) is 8.93. The van der Waals surface area contributed by atoms with Gasteiger partial charge in [-0.3, -0.25) is 0 Å².